The summed E-state index contributed by atoms with van der Waals surface area (Å²) in [6, 6.07) is 8.27. The Hall–Kier alpha value is -5.79. The number of methoxy groups -OCH3 is 1. The zero-order valence-corrected chi connectivity index (χ0v) is 37.0. The number of halogens is 2. The third kappa shape index (κ3) is 11.8. The Balaban J connectivity index is 0.000000219. The minimum absolute atomic E-state index is 0.0409. The molecule has 1 unspecified atom stereocenters. The van der Waals surface area contributed by atoms with Crippen molar-refractivity contribution in [3.05, 3.63) is 98.8 Å². The number of ketones is 1. The van der Waals surface area contributed by atoms with E-state index in [1.807, 2.05) is 26.0 Å². The van der Waals surface area contributed by atoms with Crippen LogP contribution in [0.2, 0.25) is 10.2 Å². The fourth-order valence-corrected chi connectivity index (χ4v) is 7.59. The first kappa shape index (κ1) is 46.7. The second-order valence-electron chi connectivity index (χ2n) is 14.7. The molecule has 3 N–H and O–H groups in total. The van der Waals surface area contributed by atoms with Crippen LogP contribution in [0.15, 0.2) is 55.1 Å². The number of ether oxygens (including phenoxy) is 3. The van der Waals surface area contributed by atoms with Crippen molar-refractivity contribution in [3.63, 3.8) is 0 Å². The molecule has 4 aromatic heterocycles. The summed E-state index contributed by atoms with van der Waals surface area (Å²) in [7, 11) is 1.59. The number of rotatable bonds is 19. The van der Waals surface area contributed by atoms with Gasteiger partial charge in [-0.2, -0.15) is 10.2 Å². The van der Waals surface area contributed by atoms with Crippen molar-refractivity contribution in [3.8, 4) is 5.82 Å². The van der Waals surface area contributed by atoms with Crippen LogP contribution < -0.4 is 16.0 Å². The largest absolute Gasteiger partial charge is 0.382 e. The van der Waals surface area contributed by atoms with Crippen molar-refractivity contribution >= 4 is 63.9 Å². The van der Waals surface area contributed by atoms with E-state index in [-0.39, 0.29) is 48.9 Å². The highest BCUT2D eigenvalue weighted by Gasteiger charge is 2.39. The van der Waals surface area contributed by atoms with Crippen LogP contribution in [0.3, 0.4) is 0 Å². The lowest BCUT2D eigenvalue weighted by Crippen LogP contribution is -2.52. The Morgan fingerprint density at radius 3 is 2.56 bits per heavy atom. The summed E-state index contributed by atoms with van der Waals surface area (Å²) in [5, 5.41) is 17.6. The smallest absolute Gasteiger partial charge is 0.255 e. The molecule has 63 heavy (non-hydrogen) atoms. The fourth-order valence-electron chi connectivity index (χ4n) is 7.14. The van der Waals surface area contributed by atoms with Crippen molar-refractivity contribution in [1.29, 1.82) is 0 Å². The lowest BCUT2D eigenvalue weighted by molar-refractivity contribution is -0.137. The van der Waals surface area contributed by atoms with Gasteiger partial charge in [-0.25, -0.2) is 19.2 Å². The van der Waals surface area contributed by atoms with Crippen molar-refractivity contribution < 1.29 is 38.2 Å². The third-order valence-corrected chi connectivity index (χ3v) is 10.8. The number of carbonyl (C=O) groups excluding carboxylic acids is 5. The molecule has 1 aromatic carbocycles. The lowest BCUT2D eigenvalue weighted by atomic mass is 10.0. The highest BCUT2D eigenvalue weighted by atomic mass is 35.5. The monoisotopic (exact) mass is 904 g/mol. The number of fused-ring (bicyclic) bond motifs is 2. The molecule has 4 amide bonds. The lowest BCUT2D eigenvalue weighted by Gasteiger charge is -2.29. The molecule has 2 aliphatic rings. The highest BCUT2D eigenvalue weighted by Crippen LogP contribution is 2.32. The standard InChI is InChI=1S/C24H25Cl2N7O3.C19H25N3O5/c1-4-22(35)28-10-16-11-30-32(13-16)24-19(25)6-15(9-29-24)5-18(34)7-17-12-27-21-8-20(26)31-33(21)23(17)14(2)36-3;1-2-26-10-11-27-9-8-20-15-5-3-4-13-14(15)12-22(19(13)25)16-6-7-17(23)21-18(16)24/h6,8-9,11-14H,4-5,7,10H2,1-3H3,(H,28,35);3-5,16,20H,2,6-12H2,1H3,(H,21,23,24)/t14-;/m0./s1. The summed E-state index contributed by atoms with van der Waals surface area (Å²) in [4.78, 5) is 71.0. The van der Waals surface area contributed by atoms with Crippen LogP contribution >= 0.6 is 23.2 Å². The second-order valence-corrected chi connectivity index (χ2v) is 15.5. The molecule has 334 valence electrons. The van der Waals surface area contributed by atoms with E-state index >= 15 is 0 Å². The molecule has 20 heteroatoms. The number of nitrogens with zero attached hydrogens (tertiary/aromatic N) is 7. The first-order valence-corrected chi connectivity index (χ1v) is 21.3. The van der Waals surface area contributed by atoms with E-state index in [9.17, 15) is 24.0 Å². The Morgan fingerprint density at radius 1 is 1.00 bits per heavy atom. The van der Waals surface area contributed by atoms with Crippen molar-refractivity contribution in [2.75, 3.05) is 45.4 Å². The number of Topliss-reactive ketones (excluding diaryl/α,β-unsaturated/α-hetero) is 1. The van der Waals surface area contributed by atoms with Crippen LogP contribution in [0.25, 0.3) is 11.5 Å². The predicted molar refractivity (Wildman–Crippen MR) is 233 cm³/mol. The van der Waals surface area contributed by atoms with Gasteiger partial charge in [0.25, 0.3) is 5.91 Å². The topological polar surface area (TPSA) is 213 Å². The maximum Gasteiger partial charge on any atom is 0.255 e. The SMILES string of the molecule is CCC(=O)NCc1cnn(-c2ncc(CC(=O)Cc3cnc4cc(Cl)nn4c3[C@H](C)OC)cc2Cl)c1.CCOCCOCCNc1cccc2c1CN(C1CCC(=O)NC1=O)C2=O. The second kappa shape index (κ2) is 22.0. The van der Waals surface area contributed by atoms with Gasteiger partial charge in [0.2, 0.25) is 17.7 Å². The van der Waals surface area contributed by atoms with E-state index < -0.39 is 11.9 Å². The van der Waals surface area contributed by atoms with Crippen LogP contribution in [-0.4, -0.2) is 110 Å². The van der Waals surface area contributed by atoms with E-state index in [4.69, 9.17) is 37.4 Å². The number of amides is 4. The molecule has 2 aliphatic heterocycles. The van der Waals surface area contributed by atoms with Crippen molar-refractivity contribution in [1.82, 2.24) is 44.9 Å². The highest BCUT2D eigenvalue weighted by molar-refractivity contribution is 6.32. The summed E-state index contributed by atoms with van der Waals surface area (Å²) in [6.45, 7) is 9.26. The number of aromatic nitrogens is 6. The van der Waals surface area contributed by atoms with Gasteiger partial charge in [0.05, 0.1) is 42.8 Å². The number of imide groups is 1. The molecule has 18 nitrogen and oxygen atoms in total. The average Bonchev–Trinajstić information content (AvgIpc) is 3.99. The quantitative estimate of drug-likeness (QED) is 0.0764. The summed E-state index contributed by atoms with van der Waals surface area (Å²) in [5.41, 5.74) is 5.84. The van der Waals surface area contributed by atoms with E-state index in [0.717, 1.165) is 22.5 Å². The van der Waals surface area contributed by atoms with Gasteiger partial charge < -0.3 is 29.7 Å². The van der Waals surface area contributed by atoms with Gasteiger partial charge in [-0.05, 0) is 44.0 Å². The van der Waals surface area contributed by atoms with Crippen LogP contribution in [0, 0.1) is 0 Å². The summed E-state index contributed by atoms with van der Waals surface area (Å²) < 4.78 is 19.3. The third-order valence-electron chi connectivity index (χ3n) is 10.4. The number of hydrogen-bond acceptors (Lipinski definition) is 13. The summed E-state index contributed by atoms with van der Waals surface area (Å²) in [6.07, 6.45) is 7.63. The number of nitrogens with one attached hydrogen (secondary N) is 3. The van der Waals surface area contributed by atoms with Crippen LogP contribution in [-0.2, 0) is 59.3 Å². The van der Waals surface area contributed by atoms with Gasteiger partial charge in [-0.3, -0.25) is 29.3 Å². The zero-order chi connectivity index (χ0) is 45.0. The Morgan fingerprint density at radius 2 is 1.81 bits per heavy atom. The molecule has 5 aromatic rings. The Labute approximate surface area is 374 Å². The molecule has 7 rings (SSSR count). The fraction of sp³-hybridized carbons (Fsp3) is 0.419. The van der Waals surface area contributed by atoms with Crippen LogP contribution in [0.4, 0.5) is 5.69 Å². The molecule has 0 bridgehead atoms. The number of hydrogen-bond donors (Lipinski definition) is 3. The van der Waals surface area contributed by atoms with Crippen LogP contribution in [0.5, 0.6) is 0 Å². The van der Waals surface area contributed by atoms with E-state index in [2.05, 4.69) is 36.1 Å². The molecule has 0 radical (unpaired) electrons. The molecule has 0 aliphatic carbocycles. The molecule has 6 heterocycles. The van der Waals surface area contributed by atoms with E-state index in [0.29, 0.717) is 97.2 Å². The normalized spacial score (nSPS) is 15.2. The number of piperidine rings is 1. The number of benzene rings is 1. The van der Waals surface area contributed by atoms with Gasteiger partial charge in [0, 0.05) is 112 Å². The van der Waals surface area contributed by atoms with E-state index in [1.165, 1.54) is 4.68 Å². The molecule has 1 fully saturated rings. The molecule has 1 saturated heterocycles. The first-order valence-electron chi connectivity index (χ1n) is 20.6. The van der Waals surface area contributed by atoms with Gasteiger partial charge in [0.1, 0.15) is 11.8 Å². The maximum absolute atomic E-state index is 13.0. The summed E-state index contributed by atoms with van der Waals surface area (Å²) in [5.74, 6) is -0.506. The average molecular weight is 906 g/mol. The van der Waals surface area contributed by atoms with Crippen molar-refractivity contribution in [2.24, 2.45) is 0 Å². The van der Waals surface area contributed by atoms with Gasteiger partial charge >= 0.3 is 0 Å². The minimum atomic E-state index is -0.600. The van der Waals surface area contributed by atoms with Gasteiger partial charge in [-0.1, -0.05) is 36.2 Å². The Bertz CT molecular complexity index is 2460. The predicted octanol–water partition coefficient (Wildman–Crippen LogP) is 4.62. The summed E-state index contributed by atoms with van der Waals surface area (Å²) >= 11 is 12.5. The first-order chi connectivity index (χ1) is 30.4. The molecule has 0 spiro atoms. The molecule has 0 saturated carbocycles. The van der Waals surface area contributed by atoms with Gasteiger partial charge in [0.15, 0.2) is 16.6 Å². The zero-order valence-electron chi connectivity index (χ0n) is 35.5. The number of anilines is 1. The van der Waals surface area contributed by atoms with Crippen molar-refractivity contribution in [2.45, 2.75) is 78.1 Å². The molecular formula is C43H50Cl2N10O8. The number of pyridine rings is 1. The maximum atomic E-state index is 13.0. The minimum Gasteiger partial charge on any atom is -0.382 e. The van der Waals surface area contributed by atoms with Gasteiger partial charge in [-0.15, -0.1) is 0 Å². The van der Waals surface area contributed by atoms with Crippen LogP contribution in [0.1, 0.15) is 84.4 Å². The molecule has 2 atom stereocenters. The number of carbonyl (C=O) groups is 5. The van der Waals surface area contributed by atoms with E-state index in [1.54, 1.807) is 66.4 Å². The Kier molecular flexibility index (Phi) is 16.3. The molecular weight excluding hydrogens is 855 g/mol.